The van der Waals surface area contributed by atoms with Crippen molar-refractivity contribution in [1.82, 2.24) is 0 Å². The minimum absolute atomic E-state index is 0.0580. The van der Waals surface area contributed by atoms with Crippen molar-refractivity contribution in [1.29, 1.82) is 0 Å². The molecule has 3 heterocycles. The molecule has 4 heteroatoms. The molecule has 0 radical (unpaired) electrons. The maximum atomic E-state index is 2.72. The second-order valence-corrected chi connectivity index (χ2v) is 28.3. The molecular formula is C64H73BN2S. The molecular weight excluding hydrogens is 840 g/mol. The van der Waals surface area contributed by atoms with Crippen molar-refractivity contribution in [2.24, 2.45) is 0 Å². The molecule has 2 nitrogen and oxygen atoms in total. The SMILES string of the molecule is Cc1cc2c3c(c1)N(c1ccc4c(c1)sc1cc(C(C)(C)C)ccc14)c1cc4c(cc1B3c1cc3c(cc1N2c1ccc2c(c1)C(C)(C)CCC2(C)C)C(C)(C)CCC3(C)C)C(C)(C)CC4(C)C. The molecule has 0 N–H and O–H groups in total. The quantitative estimate of drug-likeness (QED) is 0.159. The lowest BCUT2D eigenvalue weighted by Crippen LogP contribution is -2.62. The van der Waals surface area contributed by atoms with Crippen molar-refractivity contribution in [3.63, 3.8) is 0 Å². The molecule has 7 aromatic rings. The Kier molecular flexibility index (Phi) is 8.98. The topological polar surface area (TPSA) is 6.48 Å². The largest absolute Gasteiger partial charge is 0.311 e. The van der Waals surface area contributed by atoms with Crippen LogP contribution < -0.4 is 26.2 Å². The van der Waals surface area contributed by atoms with Crippen LogP contribution in [0.3, 0.4) is 0 Å². The zero-order valence-corrected chi connectivity index (χ0v) is 44.9. The first-order valence-corrected chi connectivity index (χ1v) is 26.7. The highest BCUT2D eigenvalue weighted by Gasteiger charge is 2.50. The van der Waals surface area contributed by atoms with Gasteiger partial charge in [0.2, 0.25) is 0 Å². The lowest BCUT2D eigenvalue weighted by molar-refractivity contribution is 0.332. The van der Waals surface area contributed by atoms with Gasteiger partial charge in [-0.3, -0.25) is 0 Å². The first-order chi connectivity index (χ1) is 31.7. The van der Waals surface area contributed by atoms with Crippen LogP contribution in [0.25, 0.3) is 20.2 Å². The second kappa shape index (κ2) is 13.7. The van der Waals surface area contributed by atoms with Crippen LogP contribution in [0.4, 0.5) is 34.1 Å². The van der Waals surface area contributed by atoms with E-state index in [0.717, 1.165) is 6.42 Å². The van der Waals surface area contributed by atoms with E-state index in [1.165, 1.54) is 141 Å². The first kappa shape index (κ1) is 44.4. The Balaban J connectivity index is 1.18. The van der Waals surface area contributed by atoms with Crippen LogP contribution in [-0.4, -0.2) is 6.71 Å². The van der Waals surface area contributed by atoms with Gasteiger partial charge in [0.1, 0.15) is 0 Å². The summed E-state index contributed by atoms with van der Waals surface area (Å²) in [7, 11) is 0. The van der Waals surface area contributed by atoms with Crippen molar-refractivity contribution < 1.29 is 0 Å². The third kappa shape index (κ3) is 6.26. The number of hydrogen-bond acceptors (Lipinski definition) is 3. The van der Waals surface area contributed by atoms with Crippen LogP contribution in [0.1, 0.15) is 180 Å². The lowest BCUT2D eigenvalue weighted by atomic mass is 9.33. The number of rotatable bonds is 2. The van der Waals surface area contributed by atoms with Gasteiger partial charge in [0.25, 0.3) is 6.71 Å². The van der Waals surface area contributed by atoms with Crippen LogP contribution in [0.2, 0.25) is 0 Å². The van der Waals surface area contributed by atoms with E-state index in [0.29, 0.717) is 0 Å². The smallest absolute Gasteiger partial charge is 0.252 e. The Labute approximate surface area is 412 Å². The molecule has 0 fully saturated rings. The van der Waals surface area contributed by atoms with Gasteiger partial charge in [0, 0.05) is 54.3 Å². The van der Waals surface area contributed by atoms with E-state index < -0.39 is 0 Å². The standard InChI is InChI=1S/C64H73BN2S/c1-37-27-53-57-54(28-37)67(40-18-21-42-41-20-17-38(58(2,3)4)29-55(41)68-56(42)31-40)52-35-48-46(63(13,14)36-64(48,15)16)33-50(52)65(57)49-32-45-47(62(11,12)26-25-61(45,9)10)34-51(49)66(53)39-19-22-43-44(30-39)60(7,8)24-23-59(43,5)6/h17-22,27-35H,23-26,36H2,1-16H3. The fourth-order valence-electron chi connectivity index (χ4n) is 14.3. The summed E-state index contributed by atoms with van der Waals surface area (Å²) in [6.45, 7) is 39.2. The van der Waals surface area contributed by atoms with Crippen LogP contribution in [0.5, 0.6) is 0 Å². The van der Waals surface area contributed by atoms with Gasteiger partial charge in [-0.15, -0.1) is 11.3 Å². The Bertz CT molecular complexity index is 3340. The molecule has 3 aliphatic carbocycles. The summed E-state index contributed by atoms with van der Waals surface area (Å²) in [4.78, 5) is 5.41. The monoisotopic (exact) mass is 913 g/mol. The van der Waals surface area contributed by atoms with Gasteiger partial charge in [-0.1, -0.05) is 140 Å². The average molecular weight is 913 g/mol. The summed E-state index contributed by atoms with van der Waals surface area (Å²) in [5.74, 6) is 0. The van der Waals surface area contributed by atoms with Crippen molar-refractivity contribution in [3.8, 4) is 0 Å². The van der Waals surface area contributed by atoms with Gasteiger partial charge in [0.05, 0.1) is 0 Å². The first-order valence-electron chi connectivity index (χ1n) is 25.9. The molecule has 0 amide bonds. The third-order valence-electron chi connectivity index (χ3n) is 18.3. The number of aryl methyl sites for hydroxylation is 1. The van der Waals surface area contributed by atoms with Crippen LogP contribution in [0, 0.1) is 6.92 Å². The molecule has 0 saturated heterocycles. The summed E-state index contributed by atoms with van der Waals surface area (Å²) in [6.07, 6.45) is 5.92. The molecule has 68 heavy (non-hydrogen) atoms. The molecule has 0 spiro atoms. The molecule has 2 aliphatic heterocycles. The molecule has 12 rings (SSSR count). The number of benzene rings is 6. The number of thiophene rings is 1. The predicted octanol–water partition coefficient (Wildman–Crippen LogP) is 16.4. The van der Waals surface area contributed by atoms with Gasteiger partial charge >= 0.3 is 0 Å². The van der Waals surface area contributed by atoms with Crippen molar-refractivity contribution in [2.45, 2.75) is 181 Å². The van der Waals surface area contributed by atoms with E-state index in [4.69, 9.17) is 0 Å². The number of nitrogens with zero attached hydrogens (tertiary/aromatic N) is 2. The Morgan fingerprint density at radius 3 is 1.41 bits per heavy atom. The highest BCUT2D eigenvalue weighted by atomic mass is 32.1. The fourth-order valence-corrected chi connectivity index (χ4v) is 15.5. The highest BCUT2D eigenvalue weighted by Crippen LogP contribution is 2.55. The maximum Gasteiger partial charge on any atom is 0.252 e. The Morgan fingerprint density at radius 1 is 0.441 bits per heavy atom. The lowest BCUT2D eigenvalue weighted by Gasteiger charge is -2.48. The number of hydrogen-bond donors (Lipinski definition) is 0. The van der Waals surface area contributed by atoms with Gasteiger partial charge in [-0.25, -0.2) is 0 Å². The summed E-state index contributed by atoms with van der Waals surface area (Å²) in [5.41, 5.74) is 24.6. The van der Waals surface area contributed by atoms with Crippen molar-refractivity contribution in [2.75, 3.05) is 9.80 Å². The van der Waals surface area contributed by atoms with E-state index in [9.17, 15) is 0 Å². The van der Waals surface area contributed by atoms with E-state index in [1.54, 1.807) is 0 Å². The normalized spacial score (nSPS) is 20.7. The minimum atomic E-state index is 0.0580. The van der Waals surface area contributed by atoms with E-state index in [-0.39, 0.29) is 44.6 Å². The Hall–Kier alpha value is -4.80. The molecule has 348 valence electrons. The van der Waals surface area contributed by atoms with E-state index in [1.807, 2.05) is 11.3 Å². The minimum Gasteiger partial charge on any atom is -0.311 e. The van der Waals surface area contributed by atoms with Crippen LogP contribution >= 0.6 is 11.3 Å². The molecule has 0 saturated carbocycles. The summed E-state index contributed by atoms with van der Waals surface area (Å²) in [6, 6.07) is 37.9. The molecule has 0 atom stereocenters. The predicted molar refractivity (Wildman–Crippen MR) is 298 cm³/mol. The van der Waals surface area contributed by atoms with Crippen LogP contribution in [0.15, 0.2) is 91.0 Å². The maximum absolute atomic E-state index is 2.72. The second-order valence-electron chi connectivity index (χ2n) is 27.2. The van der Waals surface area contributed by atoms with Crippen LogP contribution in [-0.2, 0) is 37.9 Å². The molecule has 5 aliphatic rings. The number of anilines is 6. The van der Waals surface area contributed by atoms with Gasteiger partial charge in [0.15, 0.2) is 0 Å². The van der Waals surface area contributed by atoms with E-state index >= 15 is 0 Å². The summed E-state index contributed by atoms with van der Waals surface area (Å²) in [5, 5.41) is 2.71. The zero-order chi connectivity index (χ0) is 48.2. The molecule has 0 bridgehead atoms. The fraction of sp³-hybridized carbons (Fsp3) is 0.438. The average Bonchev–Trinajstić information content (AvgIpc) is 3.71. The summed E-state index contributed by atoms with van der Waals surface area (Å²) < 4.78 is 2.72. The zero-order valence-electron chi connectivity index (χ0n) is 44.1. The molecule has 0 unspecified atom stereocenters. The van der Waals surface area contributed by atoms with Gasteiger partial charge in [-0.05, 0) is 192 Å². The van der Waals surface area contributed by atoms with Crippen molar-refractivity contribution in [3.05, 3.63) is 136 Å². The van der Waals surface area contributed by atoms with Gasteiger partial charge < -0.3 is 9.80 Å². The Morgan fingerprint density at radius 2 is 0.868 bits per heavy atom. The molecule has 1 aromatic heterocycles. The van der Waals surface area contributed by atoms with Crippen molar-refractivity contribution >= 4 is 88.7 Å². The third-order valence-corrected chi connectivity index (χ3v) is 19.5. The molecule has 6 aromatic carbocycles. The number of fused-ring (bicyclic) bond motifs is 10. The summed E-state index contributed by atoms with van der Waals surface area (Å²) >= 11 is 1.95. The van der Waals surface area contributed by atoms with Gasteiger partial charge in [-0.2, -0.15) is 0 Å². The van der Waals surface area contributed by atoms with E-state index in [2.05, 4.69) is 212 Å². The highest BCUT2D eigenvalue weighted by molar-refractivity contribution is 7.25.